The zero-order valence-electron chi connectivity index (χ0n) is 14.3. The SMILES string of the molecule is C[C@@H](NC(=O)Cc1ccc2c(c1)OCO2)c1nncn1C1CCCC1. The molecule has 2 aliphatic rings. The monoisotopic (exact) mass is 342 g/mol. The lowest BCUT2D eigenvalue weighted by Crippen LogP contribution is -2.30. The summed E-state index contributed by atoms with van der Waals surface area (Å²) in [4.78, 5) is 12.4. The third-order valence-corrected chi connectivity index (χ3v) is 4.89. The van der Waals surface area contributed by atoms with Crippen molar-refractivity contribution in [3.05, 3.63) is 35.9 Å². The molecule has 1 fully saturated rings. The first-order chi connectivity index (χ1) is 12.2. The summed E-state index contributed by atoms with van der Waals surface area (Å²) >= 11 is 0. The molecule has 0 spiro atoms. The van der Waals surface area contributed by atoms with E-state index in [-0.39, 0.29) is 18.7 Å². The fourth-order valence-corrected chi connectivity index (χ4v) is 3.62. The second-order valence-electron chi connectivity index (χ2n) is 6.69. The van der Waals surface area contributed by atoms with Gasteiger partial charge in [-0.1, -0.05) is 18.9 Å². The van der Waals surface area contributed by atoms with E-state index in [0.717, 1.165) is 30.0 Å². The van der Waals surface area contributed by atoms with Crippen LogP contribution in [0.1, 0.15) is 56.1 Å². The molecule has 1 aromatic heterocycles. The van der Waals surface area contributed by atoms with Gasteiger partial charge in [-0.25, -0.2) is 0 Å². The predicted octanol–water partition coefficient (Wildman–Crippen LogP) is 2.54. The normalized spacial score (nSPS) is 17.6. The number of carbonyl (C=O) groups excluding carboxylic acids is 1. The van der Waals surface area contributed by atoms with Crippen LogP contribution in [-0.4, -0.2) is 27.5 Å². The zero-order chi connectivity index (χ0) is 17.2. The first-order valence-corrected chi connectivity index (χ1v) is 8.78. The van der Waals surface area contributed by atoms with E-state index in [1.165, 1.54) is 12.8 Å². The number of benzene rings is 1. The van der Waals surface area contributed by atoms with Crippen molar-refractivity contribution in [3.8, 4) is 11.5 Å². The minimum absolute atomic E-state index is 0.0488. The van der Waals surface area contributed by atoms with Gasteiger partial charge in [0.15, 0.2) is 17.3 Å². The van der Waals surface area contributed by atoms with Crippen LogP contribution in [0.15, 0.2) is 24.5 Å². The Kier molecular flexibility index (Phi) is 4.29. The van der Waals surface area contributed by atoms with E-state index < -0.39 is 0 Å². The topological polar surface area (TPSA) is 78.3 Å². The van der Waals surface area contributed by atoms with Crippen LogP contribution in [0.25, 0.3) is 0 Å². The van der Waals surface area contributed by atoms with Crippen LogP contribution in [0.5, 0.6) is 11.5 Å². The Morgan fingerprint density at radius 3 is 2.96 bits per heavy atom. The number of rotatable bonds is 5. The third kappa shape index (κ3) is 3.31. The molecule has 1 saturated carbocycles. The Hall–Kier alpha value is -2.57. The molecule has 0 saturated heterocycles. The van der Waals surface area contributed by atoms with Crippen molar-refractivity contribution < 1.29 is 14.3 Å². The number of carbonyl (C=O) groups is 1. The molecule has 7 nitrogen and oxygen atoms in total. The number of ether oxygens (including phenoxy) is 2. The van der Waals surface area contributed by atoms with Crippen LogP contribution in [0, 0.1) is 0 Å². The van der Waals surface area contributed by atoms with Crippen molar-refractivity contribution in [2.24, 2.45) is 0 Å². The molecule has 0 bridgehead atoms. The number of nitrogens with one attached hydrogen (secondary N) is 1. The molecule has 1 amide bonds. The molecule has 1 aliphatic heterocycles. The van der Waals surface area contributed by atoms with Gasteiger partial charge >= 0.3 is 0 Å². The van der Waals surface area contributed by atoms with Gasteiger partial charge in [0.25, 0.3) is 0 Å². The zero-order valence-corrected chi connectivity index (χ0v) is 14.3. The molecule has 1 N–H and O–H groups in total. The van der Waals surface area contributed by atoms with Gasteiger partial charge in [-0.2, -0.15) is 0 Å². The molecule has 0 unspecified atom stereocenters. The highest BCUT2D eigenvalue weighted by molar-refractivity contribution is 5.79. The van der Waals surface area contributed by atoms with Gasteiger partial charge in [0.2, 0.25) is 12.7 Å². The smallest absolute Gasteiger partial charge is 0.231 e. The summed E-state index contributed by atoms with van der Waals surface area (Å²) in [5.74, 6) is 2.19. The van der Waals surface area contributed by atoms with E-state index in [2.05, 4.69) is 20.1 Å². The largest absolute Gasteiger partial charge is 0.454 e. The maximum atomic E-state index is 12.4. The van der Waals surface area contributed by atoms with Gasteiger partial charge in [-0.3, -0.25) is 4.79 Å². The van der Waals surface area contributed by atoms with Crippen molar-refractivity contribution in [3.63, 3.8) is 0 Å². The summed E-state index contributed by atoms with van der Waals surface area (Å²) in [6, 6.07) is 5.86. The van der Waals surface area contributed by atoms with Crippen LogP contribution < -0.4 is 14.8 Å². The molecule has 0 radical (unpaired) electrons. The molecular weight excluding hydrogens is 320 g/mol. The average Bonchev–Trinajstić information content (AvgIpc) is 3.34. The number of fused-ring (bicyclic) bond motifs is 1. The van der Waals surface area contributed by atoms with E-state index in [0.29, 0.717) is 18.2 Å². The molecule has 7 heteroatoms. The molecule has 2 heterocycles. The van der Waals surface area contributed by atoms with Crippen molar-refractivity contribution in [2.75, 3.05) is 6.79 Å². The molecule has 25 heavy (non-hydrogen) atoms. The average molecular weight is 342 g/mol. The van der Waals surface area contributed by atoms with Gasteiger partial charge in [0.1, 0.15) is 6.33 Å². The van der Waals surface area contributed by atoms with Crippen molar-refractivity contribution in [1.82, 2.24) is 20.1 Å². The summed E-state index contributed by atoms with van der Waals surface area (Å²) in [5, 5.41) is 11.3. The van der Waals surface area contributed by atoms with Crippen molar-refractivity contribution in [1.29, 1.82) is 0 Å². The van der Waals surface area contributed by atoms with Crippen molar-refractivity contribution >= 4 is 5.91 Å². The van der Waals surface area contributed by atoms with Gasteiger partial charge in [0, 0.05) is 6.04 Å². The molecule has 4 rings (SSSR count). The standard InChI is InChI=1S/C18H22N4O3/c1-12(18-21-19-10-22(18)14-4-2-3-5-14)20-17(23)9-13-6-7-15-16(8-13)25-11-24-15/h6-8,10,12,14H,2-5,9,11H2,1H3,(H,20,23)/t12-/m1/s1. The van der Waals surface area contributed by atoms with Crippen LogP contribution in [-0.2, 0) is 11.2 Å². The number of hydrogen-bond donors (Lipinski definition) is 1. The Balaban J connectivity index is 1.40. The number of aromatic nitrogens is 3. The Labute approximate surface area is 146 Å². The highest BCUT2D eigenvalue weighted by Gasteiger charge is 2.23. The molecule has 1 aliphatic carbocycles. The number of hydrogen-bond acceptors (Lipinski definition) is 5. The Morgan fingerprint density at radius 2 is 2.12 bits per heavy atom. The quantitative estimate of drug-likeness (QED) is 0.903. The van der Waals surface area contributed by atoms with Gasteiger partial charge in [-0.05, 0) is 37.5 Å². The second-order valence-corrected chi connectivity index (χ2v) is 6.69. The fraction of sp³-hybridized carbons (Fsp3) is 0.500. The molecule has 1 atom stereocenters. The first kappa shape index (κ1) is 15.9. The van der Waals surface area contributed by atoms with Crippen LogP contribution in [0.4, 0.5) is 0 Å². The molecule has 2 aromatic rings. The Morgan fingerprint density at radius 1 is 1.32 bits per heavy atom. The van der Waals surface area contributed by atoms with Gasteiger partial charge < -0.3 is 19.4 Å². The molecule has 132 valence electrons. The summed E-state index contributed by atoms with van der Waals surface area (Å²) < 4.78 is 12.8. The van der Waals surface area contributed by atoms with E-state index in [1.807, 2.05) is 25.1 Å². The second kappa shape index (κ2) is 6.74. The van der Waals surface area contributed by atoms with Gasteiger partial charge in [-0.15, -0.1) is 10.2 Å². The van der Waals surface area contributed by atoms with E-state index in [9.17, 15) is 4.79 Å². The van der Waals surface area contributed by atoms with Crippen molar-refractivity contribution in [2.45, 2.75) is 51.1 Å². The summed E-state index contributed by atoms with van der Waals surface area (Å²) in [5.41, 5.74) is 0.895. The van der Waals surface area contributed by atoms with Crippen LogP contribution >= 0.6 is 0 Å². The summed E-state index contributed by atoms with van der Waals surface area (Å²) in [7, 11) is 0. The molecular formula is C18H22N4O3. The highest BCUT2D eigenvalue weighted by Crippen LogP contribution is 2.33. The maximum absolute atomic E-state index is 12.4. The summed E-state index contributed by atoms with van der Waals surface area (Å²) in [6.07, 6.45) is 6.87. The highest BCUT2D eigenvalue weighted by atomic mass is 16.7. The van der Waals surface area contributed by atoms with Crippen LogP contribution in [0.3, 0.4) is 0 Å². The van der Waals surface area contributed by atoms with E-state index >= 15 is 0 Å². The molecule has 1 aromatic carbocycles. The lowest BCUT2D eigenvalue weighted by molar-refractivity contribution is -0.121. The summed E-state index contributed by atoms with van der Waals surface area (Å²) in [6.45, 7) is 2.19. The number of amides is 1. The minimum Gasteiger partial charge on any atom is -0.454 e. The van der Waals surface area contributed by atoms with E-state index in [1.54, 1.807) is 6.33 Å². The van der Waals surface area contributed by atoms with Gasteiger partial charge in [0.05, 0.1) is 12.5 Å². The fourth-order valence-electron chi connectivity index (χ4n) is 3.62. The third-order valence-electron chi connectivity index (χ3n) is 4.89. The maximum Gasteiger partial charge on any atom is 0.231 e. The Bertz CT molecular complexity index is 767. The minimum atomic E-state index is -0.176. The number of nitrogens with zero attached hydrogens (tertiary/aromatic N) is 3. The van der Waals surface area contributed by atoms with E-state index in [4.69, 9.17) is 9.47 Å². The first-order valence-electron chi connectivity index (χ1n) is 8.78. The lowest BCUT2D eigenvalue weighted by Gasteiger charge is -2.18. The van der Waals surface area contributed by atoms with Crippen LogP contribution in [0.2, 0.25) is 0 Å². The lowest BCUT2D eigenvalue weighted by atomic mass is 10.1. The predicted molar refractivity (Wildman–Crippen MR) is 90.4 cm³/mol.